The smallest absolute Gasteiger partial charge is 0.339 e. The summed E-state index contributed by atoms with van der Waals surface area (Å²) in [5, 5.41) is 21.4. The van der Waals surface area contributed by atoms with Crippen LogP contribution in [0.2, 0.25) is 0 Å². The molecule has 0 unspecified atom stereocenters. The second kappa shape index (κ2) is 14.8. The molecule has 1 saturated heterocycles. The Kier molecular flexibility index (Phi) is 11.1. The van der Waals surface area contributed by atoms with Crippen molar-refractivity contribution in [2.24, 2.45) is 0 Å². The first-order valence-electron chi connectivity index (χ1n) is 13.3. The van der Waals surface area contributed by atoms with Crippen molar-refractivity contribution in [2.45, 2.75) is 25.6 Å². The number of amides is 1. The lowest BCUT2D eigenvalue weighted by atomic mass is 10.1. The number of carbonyl (C=O) groups is 2. The van der Waals surface area contributed by atoms with Crippen molar-refractivity contribution in [1.29, 1.82) is 0 Å². The molecule has 2 heterocycles. The molecule has 1 fully saturated rings. The Labute approximate surface area is 267 Å². The first kappa shape index (κ1) is 32.4. The number of aryl methyl sites for hydroxylation is 1. The van der Waals surface area contributed by atoms with Crippen LogP contribution in [-0.4, -0.2) is 83.3 Å². The summed E-state index contributed by atoms with van der Waals surface area (Å²) in [5.41, 5.74) is 2.45. The van der Waals surface area contributed by atoms with E-state index in [1.807, 2.05) is 29.2 Å². The van der Waals surface area contributed by atoms with E-state index >= 15 is 0 Å². The number of aromatic nitrogens is 2. The van der Waals surface area contributed by atoms with Crippen LogP contribution in [0.15, 0.2) is 39.3 Å². The molecular weight excluding hydrogens is 660 g/mol. The van der Waals surface area contributed by atoms with Crippen molar-refractivity contribution in [3.63, 3.8) is 0 Å². The summed E-state index contributed by atoms with van der Waals surface area (Å²) in [6, 6.07) is 8.90. The number of carbonyl (C=O) groups excluding carboxylic acids is 2. The number of nitrogens with zero attached hydrogens (tertiary/aromatic N) is 4. The van der Waals surface area contributed by atoms with Crippen molar-refractivity contribution < 1.29 is 28.7 Å². The van der Waals surface area contributed by atoms with Gasteiger partial charge in [0.25, 0.3) is 0 Å². The number of hydrogen-bond donors (Lipinski definition) is 3. The van der Waals surface area contributed by atoms with Gasteiger partial charge in [-0.25, -0.2) is 4.79 Å². The Hall–Kier alpha value is -3.56. The summed E-state index contributed by atoms with van der Waals surface area (Å²) >= 11 is 10.4. The number of phenolic OH excluding ortho intramolecular Hbond substituents is 1. The predicted molar refractivity (Wildman–Crippen MR) is 172 cm³/mol. The van der Waals surface area contributed by atoms with Crippen LogP contribution in [0.4, 0.5) is 11.4 Å². The number of thioether (sulfide) groups is 1. The number of anilines is 2. The van der Waals surface area contributed by atoms with Crippen molar-refractivity contribution in [3.05, 3.63) is 57.6 Å². The average Bonchev–Trinajstić information content (AvgIpc) is 3.44. The number of esters is 1. The SMILES string of the molecule is COC(=O)c1c(Br)c(OC)cc(O)c1CSC[C@H](NC(=S)Nc1ccc(N2CCN(C(C)=O)CC2)cc1)c1nc(C)no1. The van der Waals surface area contributed by atoms with Crippen LogP contribution in [0.1, 0.15) is 40.6 Å². The van der Waals surface area contributed by atoms with Crippen LogP contribution in [0.5, 0.6) is 11.5 Å². The average molecular weight is 694 g/mol. The Morgan fingerprint density at radius 2 is 1.91 bits per heavy atom. The molecule has 230 valence electrons. The molecule has 3 N–H and O–H groups in total. The summed E-state index contributed by atoms with van der Waals surface area (Å²) in [6.07, 6.45) is 0. The third-order valence-corrected chi connectivity index (χ3v) is 8.89. The third-order valence-electron chi connectivity index (χ3n) is 6.82. The zero-order valence-electron chi connectivity index (χ0n) is 24.2. The molecule has 0 radical (unpaired) electrons. The van der Waals surface area contributed by atoms with Gasteiger partial charge < -0.3 is 39.5 Å². The fraction of sp³-hybridized carbons (Fsp3) is 0.393. The summed E-state index contributed by atoms with van der Waals surface area (Å²) < 4.78 is 16.0. The molecule has 15 heteroatoms. The molecule has 0 bridgehead atoms. The maximum absolute atomic E-state index is 12.5. The minimum absolute atomic E-state index is 0.0903. The third kappa shape index (κ3) is 8.09. The van der Waals surface area contributed by atoms with E-state index in [0.717, 1.165) is 24.5 Å². The van der Waals surface area contributed by atoms with E-state index < -0.39 is 12.0 Å². The lowest BCUT2D eigenvalue weighted by molar-refractivity contribution is -0.129. The zero-order valence-corrected chi connectivity index (χ0v) is 27.4. The molecule has 1 aromatic heterocycles. The minimum atomic E-state index is -0.603. The molecule has 0 spiro atoms. The van der Waals surface area contributed by atoms with E-state index in [1.54, 1.807) is 13.8 Å². The van der Waals surface area contributed by atoms with Gasteiger partial charge >= 0.3 is 5.97 Å². The van der Waals surface area contributed by atoms with Crippen LogP contribution in [0.25, 0.3) is 0 Å². The fourth-order valence-corrected chi connectivity index (χ4v) is 6.55. The normalized spacial score (nSPS) is 13.8. The van der Waals surface area contributed by atoms with Gasteiger partial charge in [0.2, 0.25) is 11.8 Å². The Morgan fingerprint density at radius 1 is 1.21 bits per heavy atom. The molecule has 1 atom stereocenters. The number of nitrogens with one attached hydrogen (secondary N) is 2. The number of benzene rings is 2. The minimum Gasteiger partial charge on any atom is -0.507 e. The molecule has 1 aliphatic heterocycles. The van der Waals surface area contributed by atoms with Crippen LogP contribution >= 0.6 is 39.9 Å². The van der Waals surface area contributed by atoms with Gasteiger partial charge in [0, 0.05) is 67.6 Å². The lowest BCUT2D eigenvalue weighted by Crippen LogP contribution is -2.48. The Bertz CT molecular complexity index is 1460. The van der Waals surface area contributed by atoms with E-state index in [1.165, 1.54) is 32.0 Å². The van der Waals surface area contributed by atoms with Gasteiger partial charge in [-0.1, -0.05) is 5.16 Å². The molecule has 1 amide bonds. The van der Waals surface area contributed by atoms with Gasteiger partial charge in [0.15, 0.2) is 10.9 Å². The van der Waals surface area contributed by atoms with Crippen molar-refractivity contribution in [2.75, 3.05) is 56.4 Å². The number of thiocarbonyl (C=S) groups is 1. The predicted octanol–water partition coefficient (Wildman–Crippen LogP) is 4.27. The largest absolute Gasteiger partial charge is 0.507 e. The van der Waals surface area contributed by atoms with Crippen molar-refractivity contribution in [1.82, 2.24) is 20.4 Å². The highest BCUT2D eigenvalue weighted by atomic mass is 79.9. The lowest BCUT2D eigenvalue weighted by Gasteiger charge is -2.35. The second-order valence-corrected chi connectivity index (χ2v) is 11.9. The summed E-state index contributed by atoms with van der Waals surface area (Å²) in [4.78, 5) is 32.6. The monoisotopic (exact) mass is 692 g/mol. The molecule has 1 aliphatic rings. The van der Waals surface area contributed by atoms with Gasteiger partial charge in [-0.05, 0) is 59.3 Å². The molecular formula is C28H33BrN6O6S2. The van der Waals surface area contributed by atoms with Crippen molar-refractivity contribution in [3.8, 4) is 11.5 Å². The van der Waals surface area contributed by atoms with E-state index in [2.05, 4.69) is 41.6 Å². The van der Waals surface area contributed by atoms with E-state index in [4.69, 9.17) is 26.2 Å². The molecule has 43 heavy (non-hydrogen) atoms. The highest BCUT2D eigenvalue weighted by Crippen LogP contribution is 2.39. The van der Waals surface area contributed by atoms with E-state index in [0.29, 0.717) is 51.5 Å². The quantitative estimate of drug-likeness (QED) is 0.206. The first-order valence-corrected chi connectivity index (χ1v) is 15.7. The topological polar surface area (TPSA) is 142 Å². The number of aromatic hydroxyl groups is 1. The number of methoxy groups -OCH3 is 2. The number of ether oxygens (including phenoxy) is 2. The number of phenols is 1. The zero-order chi connectivity index (χ0) is 31.1. The van der Waals surface area contributed by atoms with Gasteiger partial charge in [0.05, 0.1) is 24.3 Å². The maximum Gasteiger partial charge on any atom is 0.339 e. The van der Waals surface area contributed by atoms with Gasteiger partial charge in [0.1, 0.15) is 17.5 Å². The number of hydrogen-bond acceptors (Lipinski definition) is 11. The van der Waals surface area contributed by atoms with Gasteiger partial charge in [-0.3, -0.25) is 4.79 Å². The summed E-state index contributed by atoms with van der Waals surface area (Å²) in [7, 11) is 2.72. The first-order chi connectivity index (χ1) is 20.6. The van der Waals surface area contributed by atoms with Crippen LogP contribution in [-0.2, 0) is 15.3 Å². The van der Waals surface area contributed by atoms with Gasteiger partial charge in [-0.15, -0.1) is 0 Å². The van der Waals surface area contributed by atoms with Crippen molar-refractivity contribution >= 4 is 68.3 Å². The molecule has 4 rings (SSSR count). The summed E-state index contributed by atoms with van der Waals surface area (Å²) in [6.45, 7) is 6.30. The Morgan fingerprint density at radius 3 is 2.49 bits per heavy atom. The number of rotatable bonds is 10. The van der Waals surface area contributed by atoms with E-state index in [9.17, 15) is 14.7 Å². The number of halogens is 1. The Balaban J connectivity index is 1.40. The molecule has 0 aliphatic carbocycles. The highest BCUT2D eigenvalue weighted by Gasteiger charge is 2.25. The van der Waals surface area contributed by atoms with Gasteiger partial charge in [-0.2, -0.15) is 16.7 Å². The standard InChI is InChI=1S/C28H33BrN6O6S2/c1-16-30-26(41-33-16)21(15-43-14-20-22(37)13-23(39-3)25(29)24(20)27(38)40-4)32-28(42)31-18-5-7-19(8-6-18)35-11-9-34(10-12-35)17(2)36/h5-8,13,21,37H,9-12,14-15H2,1-4H3,(H2,31,32,42)/t21-/m0/s1. The number of piperazine rings is 1. The fourth-order valence-electron chi connectivity index (χ4n) is 4.54. The van der Waals surface area contributed by atoms with Crippen LogP contribution in [0, 0.1) is 6.92 Å². The molecule has 2 aromatic carbocycles. The maximum atomic E-state index is 12.5. The highest BCUT2D eigenvalue weighted by molar-refractivity contribution is 9.10. The molecule has 0 saturated carbocycles. The van der Waals surface area contributed by atoms with Crippen LogP contribution in [0.3, 0.4) is 0 Å². The second-order valence-electron chi connectivity index (χ2n) is 9.64. The summed E-state index contributed by atoms with van der Waals surface area (Å²) in [5.74, 6) is 1.24. The molecule has 3 aromatic rings. The van der Waals surface area contributed by atoms with E-state index in [-0.39, 0.29) is 23.0 Å². The molecule has 12 nitrogen and oxygen atoms in total. The van der Waals surface area contributed by atoms with Crippen LogP contribution < -0.4 is 20.3 Å².